The van der Waals surface area contributed by atoms with Gasteiger partial charge in [0.05, 0.1) is 6.54 Å². The van der Waals surface area contributed by atoms with Crippen LogP contribution in [0.15, 0.2) is 6.07 Å². The predicted molar refractivity (Wildman–Crippen MR) is 77.5 cm³/mol. The highest BCUT2D eigenvalue weighted by Gasteiger charge is 2.34. The number of likely N-dealkylation sites (tertiary alicyclic amines) is 1. The number of hydrogen-bond acceptors (Lipinski definition) is 5. The lowest BCUT2D eigenvalue weighted by Crippen LogP contribution is -2.27. The van der Waals surface area contributed by atoms with Gasteiger partial charge in [-0.1, -0.05) is 13.8 Å². The normalized spacial score (nSPS) is 18.7. The van der Waals surface area contributed by atoms with Crippen molar-refractivity contribution in [2.45, 2.75) is 46.6 Å². The first-order chi connectivity index (χ1) is 9.10. The van der Waals surface area contributed by atoms with E-state index in [-0.39, 0.29) is 0 Å². The zero-order chi connectivity index (χ0) is 13.9. The summed E-state index contributed by atoms with van der Waals surface area (Å²) in [5.41, 5.74) is 4.05. The summed E-state index contributed by atoms with van der Waals surface area (Å²) in [4.78, 5) is 11.4. The third-order valence-electron chi connectivity index (χ3n) is 4.43. The van der Waals surface area contributed by atoms with Crippen LogP contribution >= 0.6 is 0 Å². The van der Waals surface area contributed by atoms with Crippen molar-refractivity contribution in [1.29, 1.82) is 0 Å². The molecule has 3 N–H and O–H groups in total. The molecule has 0 spiro atoms. The van der Waals surface area contributed by atoms with Crippen LogP contribution in [0.4, 0.5) is 5.82 Å². The molecular formula is C14H25N5. The molecule has 0 radical (unpaired) electrons. The van der Waals surface area contributed by atoms with Crippen molar-refractivity contribution in [1.82, 2.24) is 14.9 Å². The maximum Gasteiger partial charge on any atom is 0.145 e. The van der Waals surface area contributed by atoms with Gasteiger partial charge in [0, 0.05) is 18.3 Å². The van der Waals surface area contributed by atoms with Gasteiger partial charge in [0.2, 0.25) is 0 Å². The molecule has 0 bridgehead atoms. The van der Waals surface area contributed by atoms with Crippen molar-refractivity contribution in [3.63, 3.8) is 0 Å². The van der Waals surface area contributed by atoms with Gasteiger partial charge < -0.3 is 5.43 Å². The van der Waals surface area contributed by atoms with E-state index in [0.29, 0.717) is 11.2 Å². The van der Waals surface area contributed by atoms with Crippen molar-refractivity contribution >= 4 is 5.82 Å². The Kier molecular flexibility index (Phi) is 4.37. The molecule has 2 heterocycles. The van der Waals surface area contributed by atoms with Gasteiger partial charge in [-0.3, -0.25) is 4.90 Å². The van der Waals surface area contributed by atoms with E-state index in [2.05, 4.69) is 34.1 Å². The fraction of sp³-hybridized carbons (Fsp3) is 0.714. The van der Waals surface area contributed by atoms with E-state index >= 15 is 0 Å². The van der Waals surface area contributed by atoms with Crippen LogP contribution in [0.3, 0.4) is 0 Å². The Morgan fingerprint density at radius 3 is 2.68 bits per heavy atom. The molecule has 0 saturated carbocycles. The van der Waals surface area contributed by atoms with Crippen molar-refractivity contribution in [2.24, 2.45) is 11.3 Å². The van der Waals surface area contributed by atoms with Gasteiger partial charge in [-0.05, 0) is 38.1 Å². The standard InChI is InChI=1S/C14H25N5/c1-4-14(5-2)6-7-19(10-14)9-13-16-11(3)8-12(17-13)18-15/h8H,4-7,9-10,15H2,1-3H3,(H,16,17,18). The van der Waals surface area contributed by atoms with Crippen LogP contribution in [0.25, 0.3) is 0 Å². The van der Waals surface area contributed by atoms with Crippen LogP contribution in [-0.2, 0) is 6.54 Å². The molecule has 2 rings (SSSR count). The Balaban J connectivity index is 2.05. The SMILES string of the molecule is CCC1(CC)CCN(Cc2nc(C)cc(NN)n2)C1. The first-order valence-corrected chi connectivity index (χ1v) is 7.14. The van der Waals surface area contributed by atoms with Crippen molar-refractivity contribution < 1.29 is 0 Å². The number of aromatic nitrogens is 2. The number of anilines is 1. The zero-order valence-corrected chi connectivity index (χ0v) is 12.2. The molecule has 1 aromatic rings. The Labute approximate surface area is 115 Å². The Hall–Kier alpha value is -1.20. The van der Waals surface area contributed by atoms with Crippen LogP contribution in [0, 0.1) is 12.3 Å². The minimum Gasteiger partial charge on any atom is -0.308 e. The number of nitrogens with zero attached hydrogens (tertiary/aromatic N) is 3. The second-order valence-electron chi connectivity index (χ2n) is 5.62. The number of nitrogen functional groups attached to an aromatic ring is 1. The summed E-state index contributed by atoms with van der Waals surface area (Å²) in [5.74, 6) is 6.98. The van der Waals surface area contributed by atoms with E-state index in [0.717, 1.165) is 31.2 Å². The minimum atomic E-state index is 0.499. The Morgan fingerprint density at radius 1 is 1.37 bits per heavy atom. The third kappa shape index (κ3) is 3.22. The van der Waals surface area contributed by atoms with Crippen LogP contribution in [0.5, 0.6) is 0 Å². The molecule has 0 unspecified atom stereocenters. The summed E-state index contributed by atoms with van der Waals surface area (Å²) in [5, 5.41) is 0. The van der Waals surface area contributed by atoms with Crippen LogP contribution in [0.2, 0.25) is 0 Å². The molecule has 19 heavy (non-hydrogen) atoms. The van der Waals surface area contributed by atoms with Crippen LogP contribution in [0.1, 0.15) is 44.6 Å². The van der Waals surface area contributed by atoms with Crippen molar-refractivity contribution in [3.8, 4) is 0 Å². The molecule has 5 heteroatoms. The average Bonchev–Trinajstić information content (AvgIpc) is 2.82. The van der Waals surface area contributed by atoms with Crippen LogP contribution < -0.4 is 11.3 Å². The van der Waals surface area contributed by atoms with E-state index < -0.39 is 0 Å². The summed E-state index contributed by atoms with van der Waals surface area (Å²) in [6.45, 7) is 9.68. The van der Waals surface area contributed by atoms with E-state index in [1.807, 2.05) is 13.0 Å². The fourth-order valence-corrected chi connectivity index (χ4v) is 2.96. The lowest BCUT2D eigenvalue weighted by atomic mass is 9.82. The first-order valence-electron chi connectivity index (χ1n) is 7.14. The molecule has 1 aromatic heterocycles. The van der Waals surface area contributed by atoms with E-state index in [4.69, 9.17) is 5.84 Å². The van der Waals surface area contributed by atoms with E-state index in [1.54, 1.807) is 0 Å². The molecule has 0 aliphatic carbocycles. The average molecular weight is 263 g/mol. The van der Waals surface area contributed by atoms with Crippen molar-refractivity contribution in [2.75, 3.05) is 18.5 Å². The number of aryl methyl sites for hydroxylation is 1. The predicted octanol–water partition coefficient (Wildman–Crippen LogP) is 2.08. The van der Waals surface area contributed by atoms with Crippen molar-refractivity contribution in [3.05, 3.63) is 17.6 Å². The maximum atomic E-state index is 5.43. The first kappa shape index (κ1) is 14.2. The topological polar surface area (TPSA) is 67.1 Å². The fourth-order valence-electron chi connectivity index (χ4n) is 2.96. The molecule has 0 atom stereocenters. The number of hydrazine groups is 1. The number of nitrogens with two attached hydrogens (primary N) is 1. The molecule has 1 saturated heterocycles. The maximum absolute atomic E-state index is 5.43. The Morgan fingerprint density at radius 2 is 2.11 bits per heavy atom. The number of rotatable bonds is 5. The summed E-state index contributed by atoms with van der Waals surface area (Å²) in [7, 11) is 0. The second-order valence-corrected chi connectivity index (χ2v) is 5.62. The minimum absolute atomic E-state index is 0.499. The summed E-state index contributed by atoms with van der Waals surface area (Å²) in [6, 6.07) is 1.86. The highest BCUT2D eigenvalue weighted by molar-refractivity contribution is 5.33. The molecule has 1 aliphatic heterocycles. The molecule has 1 fully saturated rings. The highest BCUT2D eigenvalue weighted by atomic mass is 15.3. The number of hydrogen-bond donors (Lipinski definition) is 2. The van der Waals surface area contributed by atoms with E-state index in [9.17, 15) is 0 Å². The summed E-state index contributed by atoms with van der Waals surface area (Å²) < 4.78 is 0. The summed E-state index contributed by atoms with van der Waals surface area (Å²) in [6.07, 6.45) is 3.79. The number of nitrogens with one attached hydrogen (secondary N) is 1. The van der Waals surface area contributed by atoms with Gasteiger partial charge in [0.1, 0.15) is 11.6 Å². The molecule has 5 nitrogen and oxygen atoms in total. The summed E-state index contributed by atoms with van der Waals surface area (Å²) >= 11 is 0. The molecule has 1 aliphatic rings. The second kappa shape index (κ2) is 5.84. The molecule has 0 amide bonds. The molecule has 106 valence electrons. The van der Waals surface area contributed by atoms with Gasteiger partial charge >= 0.3 is 0 Å². The van der Waals surface area contributed by atoms with Gasteiger partial charge in [0.15, 0.2) is 0 Å². The van der Waals surface area contributed by atoms with Crippen LogP contribution in [-0.4, -0.2) is 28.0 Å². The third-order valence-corrected chi connectivity index (χ3v) is 4.43. The lowest BCUT2D eigenvalue weighted by molar-refractivity contribution is 0.233. The largest absolute Gasteiger partial charge is 0.308 e. The highest BCUT2D eigenvalue weighted by Crippen LogP contribution is 2.37. The zero-order valence-electron chi connectivity index (χ0n) is 12.2. The molecular weight excluding hydrogens is 238 g/mol. The quantitative estimate of drug-likeness (QED) is 0.629. The lowest BCUT2D eigenvalue weighted by Gasteiger charge is -2.26. The smallest absolute Gasteiger partial charge is 0.145 e. The Bertz CT molecular complexity index is 428. The molecule has 0 aromatic carbocycles. The van der Waals surface area contributed by atoms with Gasteiger partial charge in [0.25, 0.3) is 0 Å². The van der Waals surface area contributed by atoms with E-state index in [1.165, 1.54) is 19.3 Å². The van der Waals surface area contributed by atoms with Gasteiger partial charge in [-0.2, -0.15) is 0 Å². The van der Waals surface area contributed by atoms with Gasteiger partial charge in [-0.15, -0.1) is 0 Å². The monoisotopic (exact) mass is 263 g/mol. The van der Waals surface area contributed by atoms with Gasteiger partial charge in [-0.25, -0.2) is 15.8 Å².